The van der Waals surface area contributed by atoms with Crippen molar-refractivity contribution in [3.05, 3.63) is 87.7 Å². The first-order chi connectivity index (χ1) is 20.2. The molecular weight excluding hydrogens is 564 g/mol. The highest BCUT2D eigenvalue weighted by Gasteiger charge is 2.21. The van der Waals surface area contributed by atoms with Gasteiger partial charge in [-0.25, -0.2) is 0 Å². The van der Waals surface area contributed by atoms with Crippen molar-refractivity contribution < 1.29 is 28.7 Å². The van der Waals surface area contributed by atoms with Crippen molar-refractivity contribution >= 4 is 35.0 Å². The maximum Gasteiger partial charge on any atom is 0.273 e. The SMILES string of the molecule is COc1ccc(NC(=O)CSc2nnc(CNC(=O)c3ccc(C)c([N+](=O)[O-])c3)n2-c2cc(OC)ccc2OC)cc1. The van der Waals surface area contributed by atoms with Crippen LogP contribution in [0.15, 0.2) is 65.8 Å². The Labute approximate surface area is 245 Å². The second kappa shape index (κ2) is 13.5. The van der Waals surface area contributed by atoms with E-state index in [4.69, 9.17) is 14.2 Å². The molecule has 4 rings (SSSR count). The third-order valence-corrected chi connectivity index (χ3v) is 7.04. The van der Waals surface area contributed by atoms with Crippen molar-refractivity contribution in [2.24, 2.45) is 0 Å². The summed E-state index contributed by atoms with van der Waals surface area (Å²) in [4.78, 5) is 36.4. The average Bonchev–Trinajstić information content (AvgIpc) is 3.41. The van der Waals surface area contributed by atoms with Gasteiger partial charge < -0.3 is 24.8 Å². The molecule has 2 amide bonds. The molecule has 0 aliphatic heterocycles. The topological polar surface area (TPSA) is 160 Å². The van der Waals surface area contributed by atoms with Crippen LogP contribution in [-0.2, 0) is 11.3 Å². The minimum atomic E-state index is -0.536. The number of hydrogen-bond acceptors (Lipinski definition) is 10. The first-order valence-corrected chi connectivity index (χ1v) is 13.5. The zero-order valence-electron chi connectivity index (χ0n) is 23.2. The van der Waals surface area contributed by atoms with E-state index in [-0.39, 0.29) is 29.5 Å². The number of anilines is 1. The number of nitrogens with zero attached hydrogens (tertiary/aromatic N) is 4. The number of amides is 2. The highest BCUT2D eigenvalue weighted by atomic mass is 32.2. The van der Waals surface area contributed by atoms with E-state index in [1.54, 1.807) is 61.1 Å². The fourth-order valence-electron chi connectivity index (χ4n) is 3.93. The highest BCUT2D eigenvalue weighted by molar-refractivity contribution is 7.99. The van der Waals surface area contributed by atoms with Crippen molar-refractivity contribution in [3.8, 4) is 22.9 Å². The molecule has 0 spiro atoms. The Bertz CT molecular complexity index is 1610. The summed E-state index contributed by atoms with van der Waals surface area (Å²) in [5, 5.41) is 25.8. The van der Waals surface area contributed by atoms with E-state index in [1.165, 1.54) is 32.4 Å². The van der Waals surface area contributed by atoms with E-state index in [1.807, 2.05) is 0 Å². The lowest BCUT2D eigenvalue weighted by atomic mass is 10.1. The molecule has 1 aromatic heterocycles. The highest BCUT2D eigenvalue weighted by Crippen LogP contribution is 2.32. The van der Waals surface area contributed by atoms with Crippen molar-refractivity contribution in [2.75, 3.05) is 32.4 Å². The summed E-state index contributed by atoms with van der Waals surface area (Å²) in [6, 6.07) is 16.4. The van der Waals surface area contributed by atoms with Gasteiger partial charge in [0.25, 0.3) is 11.6 Å². The van der Waals surface area contributed by atoms with Crippen LogP contribution in [0.4, 0.5) is 11.4 Å². The molecule has 0 radical (unpaired) electrons. The Balaban J connectivity index is 1.58. The van der Waals surface area contributed by atoms with Gasteiger partial charge in [-0.1, -0.05) is 17.8 Å². The van der Waals surface area contributed by atoms with Gasteiger partial charge in [-0.15, -0.1) is 10.2 Å². The number of ether oxygens (including phenoxy) is 3. The van der Waals surface area contributed by atoms with Crippen LogP contribution in [0.5, 0.6) is 17.2 Å². The molecule has 14 heteroatoms. The number of benzene rings is 3. The van der Waals surface area contributed by atoms with Crippen molar-refractivity contribution in [1.82, 2.24) is 20.1 Å². The molecule has 0 atom stereocenters. The van der Waals surface area contributed by atoms with Crippen LogP contribution in [0.1, 0.15) is 21.7 Å². The number of carbonyl (C=O) groups is 2. The zero-order valence-corrected chi connectivity index (χ0v) is 24.1. The van der Waals surface area contributed by atoms with E-state index >= 15 is 0 Å². The molecule has 0 bridgehead atoms. The van der Waals surface area contributed by atoms with Crippen LogP contribution >= 0.6 is 11.8 Å². The smallest absolute Gasteiger partial charge is 0.273 e. The van der Waals surface area contributed by atoms with Gasteiger partial charge >= 0.3 is 0 Å². The van der Waals surface area contributed by atoms with Gasteiger partial charge in [-0.3, -0.25) is 24.3 Å². The summed E-state index contributed by atoms with van der Waals surface area (Å²) in [6.07, 6.45) is 0. The summed E-state index contributed by atoms with van der Waals surface area (Å²) in [6.45, 7) is 1.52. The molecule has 42 heavy (non-hydrogen) atoms. The molecule has 0 aliphatic rings. The van der Waals surface area contributed by atoms with E-state index in [2.05, 4.69) is 20.8 Å². The lowest BCUT2D eigenvalue weighted by Gasteiger charge is -2.15. The monoisotopic (exact) mass is 592 g/mol. The quantitative estimate of drug-likeness (QED) is 0.139. The number of aromatic nitrogens is 3. The summed E-state index contributed by atoms with van der Waals surface area (Å²) in [5.74, 6) is 1.22. The van der Waals surface area contributed by atoms with E-state index in [0.717, 1.165) is 11.8 Å². The largest absolute Gasteiger partial charge is 0.497 e. The number of carbonyl (C=O) groups excluding carboxylic acids is 2. The normalized spacial score (nSPS) is 10.6. The van der Waals surface area contributed by atoms with Gasteiger partial charge in [0.1, 0.15) is 17.2 Å². The molecule has 13 nitrogen and oxygen atoms in total. The molecule has 2 N–H and O–H groups in total. The number of rotatable bonds is 12. The summed E-state index contributed by atoms with van der Waals surface area (Å²) in [7, 11) is 4.60. The molecule has 218 valence electrons. The lowest BCUT2D eigenvalue weighted by molar-refractivity contribution is -0.385. The first kappa shape index (κ1) is 29.9. The number of aryl methyl sites for hydroxylation is 1. The third-order valence-electron chi connectivity index (χ3n) is 6.11. The average molecular weight is 593 g/mol. The van der Waals surface area contributed by atoms with Crippen molar-refractivity contribution in [1.29, 1.82) is 0 Å². The van der Waals surface area contributed by atoms with Gasteiger partial charge in [-0.2, -0.15) is 0 Å². The summed E-state index contributed by atoms with van der Waals surface area (Å²) >= 11 is 1.14. The second-order valence-electron chi connectivity index (χ2n) is 8.78. The van der Waals surface area contributed by atoms with Gasteiger partial charge in [0.2, 0.25) is 5.91 Å². The van der Waals surface area contributed by atoms with Crippen molar-refractivity contribution in [2.45, 2.75) is 18.6 Å². The molecule has 3 aromatic carbocycles. The molecule has 4 aromatic rings. The Morgan fingerprint density at radius 2 is 1.67 bits per heavy atom. The van der Waals surface area contributed by atoms with Gasteiger partial charge in [0.15, 0.2) is 11.0 Å². The van der Waals surface area contributed by atoms with Crippen LogP contribution in [0.25, 0.3) is 5.69 Å². The van der Waals surface area contributed by atoms with Crippen LogP contribution in [0.2, 0.25) is 0 Å². The standard InChI is InChI=1S/C28H28N6O7S/c1-17-5-6-18(13-22(17)34(37)38)27(36)29-15-25-31-32-28(33(25)23-14-21(40-3)11-12-24(23)41-4)42-16-26(35)30-19-7-9-20(39-2)10-8-19/h5-14H,15-16H2,1-4H3,(H,29,36)(H,30,35). The molecule has 1 heterocycles. The van der Waals surface area contributed by atoms with Gasteiger partial charge in [-0.05, 0) is 49.4 Å². The molecule has 0 aliphatic carbocycles. The fraction of sp³-hybridized carbons (Fsp3) is 0.214. The minimum Gasteiger partial charge on any atom is -0.497 e. The predicted molar refractivity (Wildman–Crippen MR) is 156 cm³/mol. The second-order valence-corrected chi connectivity index (χ2v) is 9.72. The number of methoxy groups -OCH3 is 3. The Morgan fingerprint density at radius 3 is 2.33 bits per heavy atom. The third kappa shape index (κ3) is 6.96. The summed E-state index contributed by atoms with van der Waals surface area (Å²) in [5.41, 5.74) is 1.55. The van der Waals surface area contributed by atoms with Crippen molar-refractivity contribution in [3.63, 3.8) is 0 Å². The number of nitrogens with one attached hydrogen (secondary N) is 2. The van der Waals surface area contributed by atoms with Crippen LogP contribution in [0.3, 0.4) is 0 Å². The van der Waals surface area contributed by atoms with Crippen LogP contribution in [-0.4, -0.2) is 58.6 Å². The zero-order chi connectivity index (χ0) is 30.2. The van der Waals surface area contributed by atoms with Gasteiger partial charge in [0.05, 0.1) is 44.2 Å². The number of hydrogen-bond donors (Lipinski definition) is 2. The van der Waals surface area contributed by atoms with Gasteiger partial charge in [0, 0.05) is 28.9 Å². The first-order valence-electron chi connectivity index (χ1n) is 12.5. The fourth-order valence-corrected chi connectivity index (χ4v) is 4.70. The maximum atomic E-state index is 12.9. The number of thioether (sulfide) groups is 1. The minimum absolute atomic E-state index is 0.00976. The number of nitro groups is 1. The summed E-state index contributed by atoms with van der Waals surface area (Å²) < 4.78 is 17.8. The molecule has 0 saturated heterocycles. The van der Waals surface area contributed by atoms with E-state index < -0.39 is 10.8 Å². The van der Waals surface area contributed by atoms with E-state index in [9.17, 15) is 19.7 Å². The molecule has 0 saturated carbocycles. The maximum absolute atomic E-state index is 12.9. The van der Waals surface area contributed by atoms with Crippen LogP contribution in [0, 0.1) is 17.0 Å². The Kier molecular flexibility index (Phi) is 9.60. The van der Waals surface area contributed by atoms with E-state index in [0.29, 0.717) is 45.2 Å². The number of nitro benzene ring substituents is 1. The Morgan fingerprint density at radius 1 is 0.952 bits per heavy atom. The molecular formula is C28H28N6O7S. The Hall–Kier alpha value is -5.11. The predicted octanol–water partition coefficient (Wildman–Crippen LogP) is 4.17. The molecule has 0 unspecified atom stereocenters. The van der Waals surface area contributed by atoms with Crippen LogP contribution < -0.4 is 24.8 Å². The molecule has 0 fully saturated rings. The lowest BCUT2D eigenvalue weighted by Crippen LogP contribution is -2.25.